The minimum atomic E-state index is -0.268. The Morgan fingerprint density at radius 2 is 0.529 bits per heavy atom. The fourth-order valence-electron chi connectivity index (χ4n) is 22.0. The second-order valence-corrected chi connectivity index (χ2v) is 36.9. The molecular weight excluding hydrogens is 1710 g/mol. The Hall–Kier alpha value is -17.6. The lowest BCUT2D eigenvalue weighted by atomic mass is 9.73. The first-order valence-corrected chi connectivity index (χ1v) is 48.1. The fourth-order valence-corrected chi connectivity index (χ4v) is 22.0. The molecule has 2 unspecified atom stereocenters. The van der Waals surface area contributed by atoms with Gasteiger partial charge in [-0.25, -0.2) is 44.9 Å². The molecule has 666 valence electrons. The Kier molecular flexibility index (Phi) is 20.6. The van der Waals surface area contributed by atoms with Gasteiger partial charge in [0.05, 0.1) is 0 Å². The second-order valence-electron chi connectivity index (χ2n) is 36.9. The summed E-state index contributed by atoms with van der Waals surface area (Å²) in [6, 6.07) is 148. The molecule has 6 aromatic heterocycles. The van der Waals surface area contributed by atoms with E-state index in [9.17, 15) is 0 Å². The number of furan rings is 3. The molecular formula is C128H91N9O3. The highest BCUT2D eigenvalue weighted by molar-refractivity contribution is 6.12. The molecule has 3 aliphatic rings. The predicted molar refractivity (Wildman–Crippen MR) is 568 cm³/mol. The number of fused-ring (bicyclic) bond motifs is 18. The van der Waals surface area contributed by atoms with Gasteiger partial charge in [-0.05, 0) is 187 Å². The van der Waals surface area contributed by atoms with Crippen molar-refractivity contribution in [1.82, 2.24) is 44.9 Å². The summed E-state index contributed by atoms with van der Waals surface area (Å²) in [4.78, 5) is 44.7. The van der Waals surface area contributed by atoms with E-state index in [0.717, 1.165) is 152 Å². The van der Waals surface area contributed by atoms with Crippen molar-refractivity contribution in [3.8, 4) is 158 Å². The Balaban J connectivity index is 0.000000111. The summed E-state index contributed by atoms with van der Waals surface area (Å²) < 4.78 is 19.3. The van der Waals surface area contributed by atoms with Crippen molar-refractivity contribution >= 4 is 65.8 Å². The van der Waals surface area contributed by atoms with Gasteiger partial charge in [0, 0.05) is 98.6 Å². The van der Waals surface area contributed by atoms with Crippen LogP contribution in [-0.4, -0.2) is 44.9 Å². The van der Waals surface area contributed by atoms with E-state index in [1.54, 1.807) is 0 Å². The van der Waals surface area contributed by atoms with Crippen molar-refractivity contribution in [2.75, 3.05) is 0 Å². The van der Waals surface area contributed by atoms with Gasteiger partial charge in [0.15, 0.2) is 52.4 Å². The summed E-state index contributed by atoms with van der Waals surface area (Å²) in [6.07, 6.45) is 2.94. The first-order chi connectivity index (χ1) is 68.9. The average molecular weight is 1800 g/mol. The zero-order valence-corrected chi connectivity index (χ0v) is 77.8. The van der Waals surface area contributed by atoms with Crippen LogP contribution in [0, 0.1) is 0 Å². The maximum atomic E-state index is 6.55. The summed E-state index contributed by atoms with van der Waals surface area (Å²) in [6.45, 7) is 11.6. The van der Waals surface area contributed by atoms with Crippen LogP contribution in [0.4, 0.5) is 0 Å². The van der Waals surface area contributed by atoms with Crippen molar-refractivity contribution in [3.63, 3.8) is 0 Å². The third-order valence-electron chi connectivity index (χ3n) is 29.3. The van der Waals surface area contributed by atoms with Crippen LogP contribution in [-0.2, 0) is 16.2 Å². The lowest BCUT2D eigenvalue weighted by Crippen LogP contribution is -2.23. The number of rotatable bonds is 15. The molecule has 0 radical (unpaired) electrons. The molecule has 0 saturated carbocycles. The number of benzene rings is 18. The molecule has 0 N–H and O–H groups in total. The quantitative estimate of drug-likeness (QED) is 0.0959. The van der Waals surface area contributed by atoms with Crippen molar-refractivity contribution in [2.45, 2.75) is 70.1 Å². The maximum Gasteiger partial charge on any atom is 0.164 e. The number of para-hydroxylation sites is 2. The zero-order chi connectivity index (χ0) is 93.7. The standard InChI is InChI=1S/C47H31N3O.C43H31N3O.C38H29N3O/c1-47(35-17-9-4-10-18-35)40-20-12-11-19-36(40)37-28-39-38-27-34(25-26-42(38)51-43(39)29-41(37)47)30-21-23-33(24-22-30)46-49-44(31-13-5-2-6-14-31)48-45(50-46)32-15-7-3-8-16-32;1-3-43(2)36-26-38-35(32-20-10-11-23-37(32)47-38)25-34(36)33-22-13-21-31(39(33)43)29-18-12-19-30(24-29)42-45-40(27-14-6-4-7-15-27)44-41(46-42)28-16-8-5-9-17-28;1-3-38(4-2)30-20-13-19-27(34(30)29-22-28-26-18-11-12-21-32(26)42-33(28)23-31(29)38)37-40-35(24-14-7-5-8-15-24)39-36(41-37)25-16-9-6-10-17-25/h2-29H,1H3;4-26H,3H2,1-2H3;5-23H,3-4H2,1-2H3. The van der Waals surface area contributed by atoms with Crippen LogP contribution in [0.1, 0.15) is 92.8 Å². The molecule has 0 spiro atoms. The van der Waals surface area contributed by atoms with Gasteiger partial charge in [-0.2, -0.15) is 0 Å². The molecule has 12 nitrogen and oxygen atoms in total. The lowest BCUT2D eigenvalue weighted by Gasteiger charge is -2.29. The molecule has 0 fully saturated rings. The largest absolute Gasteiger partial charge is 0.456 e. The van der Waals surface area contributed by atoms with E-state index in [1.165, 1.54) is 77.9 Å². The van der Waals surface area contributed by atoms with Gasteiger partial charge in [0.25, 0.3) is 0 Å². The Labute approximate surface area is 810 Å². The van der Waals surface area contributed by atoms with Crippen molar-refractivity contribution in [2.24, 2.45) is 0 Å². The highest BCUT2D eigenvalue weighted by Crippen LogP contribution is 2.60. The molecule has 24 aromatic rings. The first kappa shape index (κ1) is 84.2. The number of hydrogen-bond donors (Lipinski definition) is 0. The van der Waals surface area contributed by atoms with E-state index in [4.69, 9.17) is 58.1 Å². The molecule has 3 aliphatic carbocycles. The van der Waals surface area contributed by atoms with Crippen LogP contribution in [0.3, 0.4) is 0 Å². The molecule has 12 heteroatoms. The van der Waals surface area contributed by atoms with Gasteiger partial charge in [0.1, 0.15) is 33.5 Å². The Morgan fingerprint density at radius 1 is 0.193 bits per heavy atom. The predicted octanol–water partition coefficient (Wildman–Crippen LogP) is 32.8. The monoisotopic (exact) mass is 1800 g/mol. The smallest absolute Gasteiger partial charge is 0.164 e. The summed E-state index contributed by atoms with van der Waals surface area (Å²) in [5.41, 5.74) is 35.0. The van der Waals surface area contributed by atoms with Crippen LogP contribution in [0.5, 0.6) is 0 Å². The van der Waals surface area contributed by atoms with Gasteiger partial charge in [0.2, 0.25) is 0 Å². The van der Waals surface area contributed by atoms with Crippen molar-refractivity contribution in [1.29, 1.82) is 0 Å². The molecule has 27 rings (SSSR count). The number of nitrogens with zero attached hydrogens (tertiary/aromatic N) is 9. The van der Waals surface area contributed by atoms with Gasteiger partial charge in [-0.1, -0.05) is 386 Å². The van der Waals surface area contributed by atoms with Crippen LogP contribution in [0.2, 0.25) is 0 Å². The topological polar surface area (TPSA) is 155 Å². The van der Waals surface area contributed by atoms with Crippen LogP contribution >= 0.6 is 0 Å². The maximum absolute atomic E-state index is 6.55. The Bertz CT molecular complexity index is 8780. The third-order valence-corrected chi connectivity index (χ3v) is 29.3. The van der Waals surface area contributed by atoms with Gasteiger partial charge in [-0.15, -0.1) is 0 Å². The van der Waals surface area contributed by atoms with Crippen LogP contribution in [0.15, 0.2) is 438 Å². The molecule has 18 aromatic carbocycles. The second kappa shape index (κ2) is 34.3. The molecule has 0 saturated heterocycles. The summed E-state index contributed by atoms with van der Waals surface area (Å²) in [5, 5.41) is 6.83. The molecule has 2 atom stereocenters. The van der Waals surface area contributed by atoms with E-state index in [2.05, 4.69) is 283 Å². The van der Waals surface area contributed by atoms with E-state index < -0.39 is 0 Å². The number of aromatic nitrogens is 9. The molecule has 0 bridgehead atoms. The van der Waals surface area contributed by atoms with Crippen LogP contribution < -0.4 is 0 Å². The summed E-state index contributed by atoms with van der Waals surface area (Å²) >= 11 is 0. The normalized spacial score (nSPS) is 14.5. The minimum Gasteiger partial charge on any atom is -0.456 e. The van der Waals surface area contributed by atoms with Gasteiger partial charge in [-0.3, -0.25) is 0 Å². The molecule has 140 heavy (non-hydrogen) atoms. The van der Waals surface area contributed by atoms with Crippen LogP contribution in [0.25, 0.3) is 224 Å². The zero-order valence-electron chi connectivity index (χ0n) is 77.8. The molecule has 0 amide bonds. The summed E-state index contributed by atoms with van der Waals surface area (Å²) in [7, 11) is 0. The van der Waals surface area contributed by atoms with Gasteiger partial charge >= 0.3 is 0 Å². The first-order valence-electron chi connectivity index (χ1n) is 48.1. The fraction of sp³-hybridized carbons (Fsp3) is 0.0859. The average Bonchev–Trinajstić information content (AvgIpc) is 1.55. The summed E-state index contributed by atoms with van der Waals surface area (Å²) in [5.74, 6) is 5.94. The van der Waals surface area contributed by atoms with Gasteiger partial charge < -0.3 is 13.3 Å². The van der Waals surface area contributed by atoms with E-state index in [-0.39, 0.29) is 16.2 Å². The SMILES string of the molecule is CC1(c2ccccc2)c2ccccc2-c2cc3c(cc21)oc1ccc(-c2ccc(-c4nc(-c5ccccc5)nc(-c5ccccc5)n4)cc2)cc13.CCC1(C)c2cc3oc4ccccc4c3cc2-c2cccc(-c3cccc(-c4nc(-c5ccccc5)nc(-c5ccccc5)n4)c3)c21.CCC1(CC)c2cc3oc4ccccc4c3cc2-c2c(-c3nc(-c4ccccc4)nc(-c4ccccc4)n3)cccc21. The van der Waals surface area contributed by atoms with Crippen molar-refractivity contribution < 1.29 is 13.3 Å². The number of hydrogen-bond acceptors (Lipinski definition) is 12. The van der Waals surface area contributed by atoms with Crippen molar-refractivity contribution in [3.05, 3.63) is 464 Å². The lowest BCUT2D eigenvalue weighted by molar-refractivity contribution is 0.490. The highest BCUT2D eigenvalue weighted by Gasteiger charge is 2.45. The molecule has 0 aliphatic heterocycles. The van der Waals surface area contributed by atoms with E-state index >= 15 is 0 Å². The Morgan fingerprint density at radius 3 is 1.03 bits per heavy atom. The molecule has 6 heterocycles. The minimum absolute atomic E-state index is 0.120. The third kappa shape index (κ3) is 14.2. The van der Waals surface area contributed by atoms with E-state index in [0.29, 0.717) is 52.4 Å². The highest BCUT2D eigenvalue weighted by atomic mass is 16.3. The van der Waals surface area contributed by atoms with E-state index in [1.807, 2.05) is 176 Å².